The average molecular weight is 277 g/mol. The van der Waals surface area contributed by atoms with Crippen molar-refractivity contribution in [2.45, 2.75) is 11.8 Å². The zero-order valence-electron chi connectivity index (χ0n) is 9.14. The lowest BCUT2D eigenvalue weighted by Crippen LogP contribution is -2.52. The van der Waals surface area contributed by atoms with Gasteiger partial charge in [0.2, 0.25) is 23.0 Å². The number of carboxylic acid groups (broad SMARTS) is 1. The van der Waals surface area contributed by atoms with Gasteiger partial charge in [-0.15, -0.1) is 0 Å². The minimum atomic E-state index is -3.33. The molecule has 0 heterocycles. The van der Waals surface area contributed by atoms with Crippen LogP contribution in [0.15, 0.2) is 0 Å². The normalized spacial score (nSPS) is 15.7. The van der Waals surface area contributed by atoms with Gasteiger partial charge in [-0.05, 0) is 0 Å². The van der Waals surface area contributed by atoms with E-state index < -0.39 is 52.1 Å². The van der Waals surface area contributed by atoms with Crippen molar-refractivity contribution in [2.75, 3.05) is 0 Å². The van der Waals surface area contributed by atoms with Gasteiger partial charge in [-0.2, -0.15) is 0 Å². The number of aromatic hydroxyl groups is 5. The van der Waals surface area contributed by atoms with Gasteiger partial charge in [0.1, 0.15) is 6.10 Å². The maximum absolute atomic E-state index is 10.6. The van der Waals surface area contributed by atoms with Crippen molar-refractivity contribution >= 4 is 5.97 Å². The molecule has 1 rings (SSSR count). The van der Waals surface area contributed by atoms with Crippen molar-refractivity contribution in [3.8, 4) is 28.7 Å². The summed E-state index contributed by atoms with van der Waals surface area (Å²) in [5.41, 5.74) is 0.374. The maximum Gasteiger partial charge on any atom is 0.354 e. The first kappa shape index (κ1) is 14.6. The summed E-state index contributed by atoms with van der Waals surface area (Å²) in [7, 11) is 0. The molecule has 0 aromatic heterocycles. The molecule has 0 fully saturated rings. The molecule has 0 spiro atoms. The molecule has 10 heteroatoms. The van der Waals surface area contributed by atoms with E-state index in [9.17, 15) is 35.4 Å². The molecule has 10 N–H and O–H groups in total. The molecule has 0 saturated carbocycles. The number of carbonyl (C=O) groups is 1. The van der Waals surface area contributed by atoms with Gasteiger partial charge < -0.3 is 40.9 Å². The first-order chi connectivity index (χ1) is 8.53. The zero-order valence-corrected chi connectivity index (χ0v) is 9.14. The molecule has 0 bridgehead atoms. The van der Waals surface area contributed by atoms with E-state index >= 15 is 0 Å². The van der Waals surface area contributed by atoms with Gasteiger partial charge in [0, 0.05) is 0 Å². The summed E-state index contributed by atoms with van der Waals surface area (Å²) < 4.78 is 0. The fraction of sp³-hybridized carbons (Fsp3) is 0.222. The highest BCUT2D eigenvalue weighted by Gasteiger charge is 2.44. The number of phenols is 5. The highest BCUT2D eigenvalue weighted by molar-refractivity contribution is 5.79. The highest BCUT2D eigenvalue weighted by Crippen LogP contribution is 2.53. The summed E-state index contributed by atoms with van der Waals surface area (Å²) in [6.45, 7) is 0. The van der Waals surface area contributed by atoms with E-state index in [1.54, 1.807) is 0 Å². The third-order valence-electron chi connectivity index (χ3n) is 2.44. The van der Waals surface area contributed by atoms with Crippen LogP contribution in [0.25, 0.3) is 0 Å². The first-order valence-corrected chi connectivity index (χ1v) is 4.64. The molecule has 10 nitrogen and oxygen atoms in total. The second-order valence-electron chi connectivity index (χ2n) is 3.69. The number of aliphatic hydroxyl groups is 2. The van der Waals surface area contributed by atoms with Crippen LogP contribution in [-0.4, -0.2) is 52.5 Å². The Bertz CT molecular complexity index is 510. The molecule has 1 aromatic carbocycles. The Balaban J connectivity index is 3.57. The van der Waals surface area contributed by atoms with Crippen LogP contribution in [0.3, 0.4) is 0 Å². The fourth-order valence-electron chi connectivity index (χ4n) is 1.30. The quantitative estimate of drug-likeness (QED) is 0.168. The summed E-state index contributed by atoms with van der Waals surface area (Å²) in [4.78, 5) is 10.6. The number of nitrogens with two attached hydrogens (primary N) is 1. The number of hydrogen-bond donors (Lipinski definition) is 9. The number of aliphatic carboxylic acids is 1. The van der Waals surface area contributed by atoms with Gasteiger partial charge in [0.25, 0.3) is 0 Å². The van der Waals surface area contributed by atoms with Crippen LogP contribution < -0.4 is 5.73 Å². The van der Waals surface area contributed by atoms with Crippen molar-refractivity contribution in [1.29, 1.82) is 0 Å². The van der Waals surface area contributed by atoms with E-state index in [0.29, 0.717) is 0 Å². The Morgan fingerprint density at radius 1 is 0.947 bits per heavy atom. The Kier molecular flexibility index (Phi) is 3.35. The van der Waals surface area contributed by atoms with E-state index in [4.69, 9.17) is 15.9 Å². The Labute approximate surface area is 104 Å². The minimum Gasteiger partial charge on any atom is -0.504 e. The topological polar surface area (TPSA) is 205 Å². The van der Waals surface area contributed by atoms with E-state index in [2.05, 4.69) is 0 Å². The number of carboxylic acids is 1. The Hall–Kier alpha value is -2.43. The molecular weight excluding hydrogens is 266 g/mol. The molecule has 0 amide bonds. The SMILES string of the molecule is NC(O)(C(=O)O)C(O)c1c(O)c(O)c(O)c(O)c1O. The number of aliphatic hydroxyl groups excluding tert-OH is 1. The van der Waals surface area contributed by atoms with E-state index in [1.807, 2.05) is 0 Å². The Morgan fingerprint density at radius 2 is 1.26 bits per heavy atom. The van der Waals surface area contributed by atoms with Crippen molar-refractivity contribution < 1.29 is 45.6 Å². The van der Waals surface area contributed by atoms with Gasteiger partial charge in [0.05, 0.1) is 5.56 Å². The second-order valence-corrected chi connectivity index (χ2v) is 3.69. The van der Waals surface area contributed by atoms with Gasteiger partial charge in [-0.25, -0.2) is 4.79 Å². The van der Waals surface area contributed by atoms with E-state index in [-0.39, 0.29) is 0 Å². The molecule has 0 aliphatic rings. The summed E-state index contributed by atoms with van der Waals surface area (Å²) in [6.07, 6.45) is -2.61. The monoisotopic (exact) mass is 277 g/mol. The van der Waals surface area contributed by atoms with E-state index in [0.717, 1.165) is 0 Å². The summed E-state index contributed by atoms with van der Waals surface area (Å²) in [6, 6.07) is 0. The molecular formula is C9H11NO9. The first-order valence-electron chi connectivity index (χ1n) is 4.64. The minimum absolute atomic E-state index is 1.17. The predicted octanol–water partition coefficient (Wildman–Crippen LogP) is -2.02. The van der Waals surface area contributed by atoms with Crippen LogP contribution in [0.2, 0.25) is 0 Å². The summed E-state index contributed by atoms with van der Waals surface area (Å²) in [5.74, 6) is -8.81. The Morgan fingerprint density at radius 3 is 1.58 bits per heavy atom. The molecule has 2 atom stereocenters. The molecule has 2 unspecified atom stereocenters. The third-order valence-corrected chi connectivity index (χ3v) is 2.44. The molecule has 0 saturated heterocycles. The van der Waals surface area contributed by atoms with Crippen molar-refractivity contribution in [1.82, 2.24) is 0 Å². The second kappa shape index (κ2) is 4.35. The number of phenolic OH excluding ortho intramolecular Hbond substituents is 5. The van der Waals surface area contributed by atoms with Crippen LogP contribution >= 0.6 is 0 Å². The molecule has 0 aliphatic heterocycles. The molecule has 19 heavy (non-hydrogen) atoms. The predicted molar refractivity (Wildman–Crippen MR) is 56.5 cm³/mol. The molecule has 0 radical (unpaired) electrons. The molecule has 0 aliphatic carbocycles. The van der Waals surface area contributed by atoms with Gasteiger partial charge in [-0.3, -0.25) is 5.73 Å². The standard InChI is InChI=1S/C9H11NO9/c10-9(19,8(17)18)7(16)1-2(11)4(13)6(15)5(14)3(1)12/h7,11-16,19H,10H2,(H,17,18). The van der Waals surface area contributed by atoms with E-state index in [1.165, 1.54) is 0 Å². The van der Waals surface area contributed by atoms with Gasteiger partial charge in [-0.1, -0.05) is 0 Å². The lowest BCUT2D eigenvalue weighted by atomic mass is 9.96. The van der Waals surface area contributed by atoms with Crippen molar-refractivity contribution in [3.63, 3.8) is 0 Å². The molecule has 106 valence electrons. The smallest absolute Gasteiger partial charge is 0.354 e. The lowest BCUT2D eigenvalue weighted by Gasteiger charge is -2.26. The maximum atomic E-state index is 10.6. The fourth-order valence-corrected chi connectivity index (χ4v) is 1.30. The largest absolute Gasteiger partial charge is 0.504 e. The van der Waals surface area contributed by atoms with Crippen molar-refractivity contribution in [3.05, 3.63) is 5.56 Å². The van der Waals surface area contributed by atoms with Crippen LogP contribution in [0.1, 0.15) is 11.7 Å². The summed E-state index contributed by atoms with van der Waals surface area (Å²) in [5, 5.41) is 73.7. The van der Waals surface area contributed by atoms with Crippen molar-refractivity contribution in [2.24, 2.45) is 5.73 Å². The number of rotatable bonds is 3. The van der Waals surface area contributed by atoms with Crippen LogP contribution in [0.5, 0.6) is 28.7 Å². The zero-order chi connectivity index (χ0) is 15.1. The summed E-state index contributed by atoms with van der Waals surface area (Å²) >= 11 is 0. The third kappa shape index (κ3) is 2.03. The van der Waals surface area contributed by atoms with Crippen LogP contribution in [0.4, 0.5) is 0 Å². The average Bonchev–Trinajstić information content (AvgIpc) is 2.33. The highest BCUT2D eigenvalue weighted by atomic mass is 16.4. The van der Waals surface area contributed by atoms with Gasteiger partial charge in [0.15, 0.2) is 11.5 Å². The van der Waals surface area contributed by atoms with Crippen LogP contribution in [0, 0.1) is 0 Å². The number of hydrogen-bond acceptors (Lipinski definition) is 9. The van der Waals surface area contributed by atoms with Crippen LogP contribution in [-0.2, 0) is 4.79 Å². The van der Waals surface area contributed by atoms with Gasteiger partial charge >= 0.3 is 5.97 Å². The molecule has 1 aromatic rings. The number of benzene rings is 1. The lowest BCUT2D eigenvalue weighted by molar-refractivity contribution is -0.171.